The van der Waals surface area contributed by atoms with E-state index in [4.69, 9.17) is 31.2 Å². The Bertz CT molecular complexity index is 1190. The van der Waals surface area contributed by atoms with E-state index in [0.717, 1.165) is 0 Å². The van der Waals surface area contributed by atoms with Crippen molar-refractivity contribution in [3.8, 4) is 0 Å². The van der Waals surface area contributed by atoms with Crippen molar-refractivity contribution in [2.45, 2.75) is 39.8 Å². The van der Waals surface area contributed by atoms with Crippen molar-refractivity contribution in [3.63, 3.8) is 0 Å². The highest BCUT2D eigenvalue weighted by Crippen LogP contribution is 2.29. The summed E-state index contributed by atoms with van der Waals surface area (Å²) in [4.78, 5) is 44.5. The number of nitrogen functional groups attached to an aromatic ring is 1. The maximum absolute atomic E-state index is 12.4. The molecule has 0 bridgehead atoms. The van der Waals surface area contributed by atoms with Crippen molar-refractivity contribution >= 4 is 46.4 Å². The third-order valence-corrected chi connectivity index (χ3v) is 4.92. The standard InChI is InChI=1S/C22H23ClN4O6/c1-4-31-22(30)18-11(2)33-21-19(18)20(24)26-16(27-21)10-32-17(29)9-15(25-12(3)28)13-5-7-14(23)8-6-13/h5-8,15H,4,9-10H2,1-3H3,(H,25,28)(H2,24,26,27). The average molecular weight is 475 g/mol. The van der Waals surface area contributed by atoms with Crippen LogP contribution < -0.4 is 11.1 Å². The number of carbonyl (C=O) groups is 3. The summed E-state index contributed by atoms with van der Waals surface area (Å²) in [5.74, 6) is -1.08. The van der Waals surface area contributed by atoms with E-state index in [1.165, 1.54) is 6.92 Å². The number of aryl methyl sites for hydroxylation is 1. The van der Waals surface area contributed by atoms with Crippen molar-refractivity contribution < 1.29 is 28.3 Å². The number of nitrogens with two attached hydrogens (primary N) is 1. The summed E-state index contributed by atoms with van der Waals surface area (Å²) < 4.78 is 15.9. The number of benzene rings is 1. The molecule has 3 N–H and O–H groups in total. The molecule has 0 saturated carbocycles. The van der Waals surface area contributed by atoms with Gasteiger partial charge >= 0.3 is 11.9 Å². The second kappa shape index (κ2) is 10.3. The highest BCUT2D eigenvalue weighted by Gasteiger charge is 2.24. The molecule has 1 aromatic carbocycles. The smallest absolute Gasteiger partial charge is 0.342 e. The number of esters is 2. The summed E-state index contributed by atoms with van der Waals surface area (Å²) >= 11 is 5.91. The highest BCUT2D eigenvalue weighted by molar-refractivity contribution is 6.30. The molecule has 33 heavy (non-hydrogen) atoms. The molecule has 1 amide bonds. The molecule has 3 aromatic rings. The first-order chi connectivity index (χ1) is 15.7. The van der Waals surface area contributed by atoms with Crippen LogP contribution in [0.1, 0.15) is 53.8 Å². The van der Waals surface area contributed by atoms with Gasteiger partial charge in [-0.25, -0.2) is 9.78 Å². The molecule has 0 aliphatic heterocycles. The number of aromatic nitrogens is 2. The number of hydrogen-bond acceptors (Lipinski definition) is 9. The summed E-state index contributed by atoms with van der Waals surface area (Å²) in [7, 11) is 0. The largest absolute Gasteiger partial charge is 0.462 e. The first-order valence-electron chi connectivity index (χ1n) is 10.1. The van der Waals surface area contributed by atoms with Crippen LogP contribution in [0.2, 0.25) is 5.02 Å². The zero-order valence-corrected chi connectivity index (χ0v) is 19.1. The highest BCUT2D eigenvalue weighted by atomic mass is 35.5. The second-order valence-electron chi connectivity index (χ2n) is 7.13. The number of anilines is 1. The molecule has 1 unspecified atom stereocenters. The number of amides is 1. The van der Waals surface area contributed by atoms with E-state index in [1.54, 1.807) is 38.1 Å². The molecule has 0 saturated heterocycles. The Morgan fingerprint density at radius 3 is 2.52 bits per heavy atom. The van der Waals surface area contributed by atoms with E-state index >= 15 is 0 Å². The van der Waals surface area contributed by atoms with Gasteiger partial charge in [0.25, 0.3) is 0 Å². The zero-order valence-electron chi connectivity index (χ0n) is 18.3. The van der Waals surface area contributed by atoms with Crippen molar-refractivity contribution in [3.05, 3.63) is 52.0 Å². The molecule has 3 rings (SSSR count). The molecular formula is C22H23ClN4O6. The molecule has 0 radical (unpaired) electrons. The van der Waals surface area contributed by atoms with Gasteiger partial charge in [-0.05, 0) is 31.5 Å². The third-order valence-electron chi connectivity index (χ3n) is 4.66. The Kier molecular flexibility index (Phi) is 7.49. The third kappa shape index (κ3) is 5.78. The SMILES string of the molecule is CCOC(=O)c1c(C)oc2nc(COC(=O)CC(NC(C)=O)c3ccc(Cl)cc3)nc(N)c12. The van der Waals surface area contributed by atoms with Crippen LogP contribution in [-0.2, 0) is 25.7 Å². The number of nitrogens with one attached hydrogen (secondary N) is 1. The fourth-order valence-corrected chi connectivity index (χ4v) is 3.39. The molecule has 0 aliphatic carbocycles. The normalized spacial score (nSPS) is 11.8. The molecule has 10 nitrogen and oxygen atoms in total. The zero-order chi connectivity index (χ0) is 24.1. The van der Waals surface area contributed by atoms with Crippen LogP contribution in [0.5, 0.6) is 0 Å². The van der Waals surface area contributed by atoms with Crippen molar-refractivity contribution in [2.24, 2.45) is 0 Å². The average Bonchev–Trinajstić information content (AvgIpc) is 3.08. The summed E-state index contributed by atoms with van der Waals surface area (Å²) in [6.45, 7) is 4.54. The van der Waals surface area contributed by atoms with Crippen LogP contribution in [0.4, 0.5) is 5.82 Å². The number of furan rings is 1. The van der Waals surface area contributed by atoms with E-state index in [-0.39, 0.29) is 53.8 Å². The molecular weight excluding hydrogens is 452 g/mol. The number of ether oxygens (including phenoxy) is 2. The van der Waals surface area contributed by atoms with E-state index in [0.29, 0.717) is 16.3 Å². The van der Waals surface area contributed by atoms with Gasteiger partial charge in [-0.1, -0.05) is 23.7 Å². The van der Waals surface area contributed by atoms with Gasteiger partial charge in [0.15, 0.2) is 12.4 Å². The van der Waals surface area contributed by atoms with Crippen LogP contribution in [-0.4, -0.2) is 34.4 Å². The van der Waals surface area contributed by atoms with Crippen molar-refractivity contribution in [1.29, 1.82) is 0 Å². The fraction of sp³-hybridized carbons (Fsp3) is 0.318. The lowest BCUT2D eigenvalue weighted by molar-refractivity contribution is -0.146. The molecule has 2 heterocycles. The maximum atomic E-state index is 12.4. The summed E-state index contributed by atoms with van der Waals surface area (Å²) in [5, 5.41) is 3.49. The quantitative estimate of drug-likeness (QED) is 0.469. The predicted octanol–water partition coefficient (Wildman–Crippen LogP) is 3.25. The van der Waals surface area contributed by atoms with Crippen LogP contribution in [0.3, 0.4) is 0 Å². The minimum atomic E-state index is -0.597. The predicted molar refractivity (Wildman–Crippen MR) is 119 cm³/mol. The molecule has 0 fully saturated rings. The number of hydrogen-bond donors (Lipinski definition) is 2. The lowest BCUT2D eigenvalue weighted by Crippen LogP contribution is -2.28. The lowest BCUT2D eigenvalue weighted by Gasteiger charge is -2.17. The number of fused-ring (bicyclic) bond motifs is 1. The summed E-state index contributed by atoms with van der Waals surface area (Å²) in [5.41, 5.74) is 6.97. The maximum Gasteiger partial charge on any atom is 0.342 e. The minimum Gasteiger partial charge on any atom is -0.462 e. The fourth-order valence-electron chi connectivity index (χ4n) is 3.26. The first kappa shape index (κ1) is 24.0. The van der Waals surface area contributed by atoms with E-state index < -0.39 is 18.0 Å². The Hall–Kier alpha value is -3.66. The van der Waals surface area contributed by atoms with Crippen LogP contribution in [0, 0.1) is 6.92 Å². The summed E-state index contributed by atoms with van der Waals surface area (Å²) in [6.07, 6.45) is -0.119. The molecule has 11 heteroatoms. The molecule has 0 aliphatic rings. The van der Waals surface area contributed by atoms with Crippen LogP contribution in [0.15, 0.2) is 28.7 Å². The van der Waals surface area contributed by atoms with Gasteiger partial charge in [0.05, 0.1) is 24.5 Å². The number of halogens is 1. The Morgan fingerprint density at radius 2 is 1.88 bits per heavy atom. The molecule has 174 valence electrons. The number of nitrogens with zero attached hydrogens (tertiary/aromatic N) is 2. The topological polar surface area (TPSA) is 147 Å². The van der Waals surface area contributed by atoms with E-state index in [2.05, 4.69) is 15.3 Å². The van der Waals surface area contributed by atoms with Crippen molar-refractivity contribution in [1.82, 2.24) is 15.3 Å². The van der Waals surface area contributed by atoms with Gasteiger partial charge in [0.1, 0.15) is 17.1 Å². The Morgan fingerprint density at radius 1 is 1.18 bits per heavy atom. The number of rotatable bonds is 8. The van der Waals surface area contributed by atoms with E-state index in [1.807, 2.05) is 0 Å². The van der Waals surface area contributed by atoms with Gasteiger partial charge in [0, 0.05) is 11.9 Å². The number of carbonyl (C=O) groups excluding carboxylic acids is 3. The Labute approximate surface area is 194 Å². The van der Waals surface area contributed by atoms with E-state index in [9.17, 15) is 14.4 Å². The van der Waals surface area contributed by atoms with Gasteiger partial charge < -0.3 is 24.9 Å². The lowest BCUT2D eigenvalue weighted by atomic mass is 10.0. The van der Waals surface area contributed by atoms with Gasteiger partial charge in [-0.2, -0.15) is 4.98 Å². The summed E-state index contributed by atoms with van der Waals surface area (Å²) in [6, 6.07) is 6.17. The monoisotopic (exact) mass is 474 g/mol. The van der Waals surface area contributed by atoms with Gasteiger partial charge in [-0.3, -0.25) is 9.59 Å². The minimum absolute atomic E-state index is 0.00300. The van der Waals surface area contributed by atoms with Gasteiger partial charge in [0.2, 0.25) is 11.6 Å². The van der Waals surface area contributed by atoms with Gasteiger partial charge in [-0.15, -0.1) is 0 Å². The second-order valence-corrected chi connectivity index (χ2v) is 7.56. The van der Waals surface area contributed by atoms with Crippen LogP contribution in [0.25, 0.3) is 11.1 Å². The Balaban J connectivity index is 1.73. The molecule has 2 aromatic heterocycles. The van der Waals surface area contributed by atoms with Crippen molar-refractivity contribution in [2.75, 3.05) is 12.3 Å². The van der Waals surface area contributed by atoms with Crippen LogP contribution >= 0.6 is 11.6 Å². The molecule has 1 atom stereocenters. The molecule has 0 spiro atoms. The first-order valence-corrected chi connectivity index (χ1v) is 10.5.